The van der Waals surface area contributed by atoms with Crippen molar-refractivity contribution in [2.75, 3.05) is 5.32 Å². The maximum atomic E-state index is 12.9. The topological polar surface area (TPSA) is 72.7 Å². The van der Waals surface area contributed by atoms with Gasteiger partial charge in [-0.1, -0.05) is 23.2 Å². The van der Waals surface area contributed by atoms with Gasteiger partial charge in [0.05, 0.1) is 0 Å². The molecule has 1 aromatic heterocycles. The maximum absolute atomic E-state index is 12.9. The lowest BCUT2D eigenvalue weighted by atomic mass is 10.2. The molecule has 0 aliphatic heterocycles. The van der Waals surface area contributed by atoms with E-state index in [2.05, 4.69) is 20.7 Å². The third-order valence-corrected chi connectivity index (χ3v) is 3.42. The van der Waals surface area contributed by atoms with Crippen LogP contribution in [0, 0.1) is 5.82 Å². The number of halogens is 3. The van der Waals surface area contributed by atoms with Gasteiger partial charge in [0, 0.05) is 21.3 Å². The Balaban J connectivity index is 1.68. The summed E-state index contributed by atoms with van der Waals surface area (Å²) in [5, 5.41) is 15.2. The summed E-state index contributed by atoms with van der Waals surface area (Å²) in [6, 6.07) is 10.4. The van der Waals surface area contributed by atoms with Gasteiger partial charge in [-0.3, -0.25) is 4.79 Å². The zero-order valence-electron chi connectivity index (χ0n) is 12.1. The van der Waals surface area contributed by atoms with Gasteiger partial charge in [0.15, 0.2) is 0 Å². The third kappa shape index (κ3) is 4.06. The Labute approximate surface area is 146 Å². The number of rotatable bonds is 4. The van der Waals surface area contributed by atoms with Crippen molar-refractivity contribution in [2.45, 2.75) is 6.54 Å². The fourth-order valence-corrected chi connectivity index (χ4v) is 2.51. The second-order valence-electron chi connectivity index (χ2n) is 4.86. The van der Waals surface area contributed by atoms with Gasteiger partial charge in [-0.05, 0) is 47.7 Å². The average molecular weight is 366 g/mol. The molecule has 2 aromatic carbocycles. The van der Waals surface area contributed by atoms with Crippen molar-refractivity contribution in [3.63, 3.8) is 0 Å². The predicted molar refractivity (Wildman–Crippen MR) is 88.3 cm³/mol. The van der Waals surface area contributed by atoms with Gasteiger partial charge in [-0.2, -0.15) is 4.80 Å². The van der Waals surface area contributed by atoms with Crippen LogP contribution in [0.15, 0.2) is 42.5 Å². The molecule has 0 radical (unpaired) electrons. The predicted octanol–water partition coefficient (Wildman–Crippen LogP) is 3.42. The van der Waals surface area contributed by atoms with Crippen LogP contribution >= 0.6 is 23.2 Å². The number of hydrogen-bond donors (Lipinski definition) is 1. The molecular formula is C15H10Cl2FN5O. The molecule has 0 saturated heterocycles. The van der Waals surface area contributed by atoms with E-state index in [1.54, 1.807) is 18.2 Å². The molecule has 0 aliphatic carbocycles. The van der Waals surface area contributed by atoms with Gasteiger partial charge >= 0.3 is 0 Å². The standard InChI is InChI=1S/C15H10Cl2FN5O/c16-10-5-11(17)7-13(6-10)19-14(24)8-23-21-15(20-22-23)9-1-3-12(18)4-2-9/h1-7H,8H2,(H,19,24). The molecule has 0 saturated carbocycles. The highest BCUT2D eigenvalue weighted by atomic mass is 35.5. The highest BCUT2D eigenvalue weighted by Gasteiger charge is 2.10. The van der Waals surface area contributed by atoms with Crippen molar-refractivity contribution in [1.82, 2.24) is 20.2 Å². The van der Waals surface area contributed by atoms with Crippen molar-refractivity contribution in [3.05, 3.63) is 58.3 Å². The fourth-order valence-electron chi connectivity index (χ4n) is 1.98. The third-order valence-electron chi connectivity index (χ3n) is 2.99. The molecule has 3 aromatic rings. The zero-order valence-corrected chi connectivity index (χ0v) is 13.6. The van der Waals surface area contributed by atoms with Crippen LogP contribution in [0.5, 0.6) is 0 Å². The smallest absolute Gasteiger partial charge is 0.248 e. The van der Waals surface area contributed by atoms with Crippen molar-refractivity contribution >= 4 is 34.8 Å². The number of carbonyl (C=O) groups is 1. The summed E-state index contributed by atoms with van der Waals surface area (Å²) in [5.41, 5.74) is 1.07. The molecule has 0 unspecified atom stereocenters. The summed E-state index contributed by atoms with van der Waals surface area (Å²) in [6.45, 7) is -0.141. The van der Waals surface area contributed by atoms with E-state index in [0.717, 1.165) is 4.80 Å². The van der Waals surface area contributed by atoms with E-state index < -0.39 is 0 Å². The molecule has 1 heterocycles. The van der Waals surface area contributed by atoms with E-state index in [9.17, 15) is 9.18 Å². The molecule has 122 valence electrons. The number of aromatic nitrogens is 4. The first kappa shape index (κ1) is 16.4. The molecule has 0 bridgehead atoms. The minimum absolute atomic E-state index is 0.141. The SMILES string of the molecule is O=C(Cn1nnc(-c2ccc(F)cc2)n1)Nc1cc(Cl)cc(Cl)c1. The van der Waals surface area contributed by atoms with Crippen molar-refractivity contribution < 1.29 is 9.18 Å². The van der Waals surface area contributed by atoms with Crippen LogP contribution in [0.1, 0.15) is 0 Å². The molecule has 0 spiro atoms. The van der Waals surface area contributed by atoms with Gasteiger partial charge < -0.3 is 5.32 Å². The molecule has 0 atom stereocenters. The largest absolute Gasteiger partial charge is 0.324 e. The Morgan fingerprint density at radius 2 is 1.79 bits per heavy atom. The van der Waals surface area contributed by atoms with Crippen molar-refractivity contribution in [2.24, 2.45) is 0 Å². The molecule has 1 amide bonds. The van der Waals surface area contributed by atoms with E-state index in [1.807, 2.05) is 0 Å². The number of anilines is 1. The normalized spacial score (nSPS) is 10.6. The minimum Gasteiger partial charge on any atom is -0.324 e. The van der Waals surface area contributed by atoms with Crippen LogP contribution in [-0.4, -0.2) is 26.1 Å². The van der Waals surface area contributed by atoms with Gasteiger partial charge in [0.1, 0.15) is 12.4 Å². The summed E-state index contributed by atoms with van der Waals surface area (Å²) < 4.78 is 12.9. The highest BCUT2D eigenvalue weighted by molar-refractivity contribution is 6.35. The number of carbonyl (C=O) groups excluding carboxylic acids is 1. The van der Waals surface area contributed by atoms with Crippen molar-refractivity contribution in [1.29, 1.82) is 0 Å². The molecule has 1 N–H and O–H groups in total. The van der Waals surface area contributed by atoms with Crippen LogP contribution in [-0.2, 0) is 11.3 Å². The second-order valence-corrected chi connectivity index (χ2v) is 5.73. The Hall–Kier alpha value is -2.51. The van der Waals surface area contributed by atoms with Crippen LogP contribution in [0.2, 0.25) is 10.0 Å². The second kappa shape index (κ2) is 6.94. The first-order valence-electron chi connectivity index (χ1n) is 6.79. The van der Waals surface area contributed by atoms with Crippen LogP contribution in [0.4, 0.5) is 10.1 Å². The minimum atomic E-state index is -0.364. The Morgan fingerprint density at radius 3 is 2.46 bits per heavy atom. The summed E-state index contributed by atoms with van der Waals surface area (Å²) >= 11 is 11.7. The molecule has 6 nitrogen and oxygen atoms in total. The number of tetrazole rings is 1. The van der Waals surface area contributed by atoms with E-state index >= 15 is 0 Å². The molecule has 9 heteroatoms. The van der Waals surface area contributed by atoms with E-state index in [0.29, 0.717) is 27.1 Å². The quantitative estimate of drug-likeness (QED) is 0.768. The van der Waals surface area contributed by atoms with Gasteiger partial charge in [0.25, 0.3) is 0 Å². The number of hydrogen-bond acceptors (Lipinski definition) is 4. The first-order valence-corrected chi connectivity index (χ1v) is 7.55. The van der Waals surface area contributed by atoms with E-state index in [1.165, 1.54) is 24.3 Å². The highest BCUT2D eigenvalue weighted by Crippen LogP contribution is 2.22. The van der Waals surface area contributed by atoms with Crippen LogP contribution in [0.3, 0.4) is 0 Å². The van der Waals surface area contributed by atoms with Crippen LogP contribution in [0.25, 0.3) is 11.4 Å². The Kier molecular flexibility index (Phi) is 4.73. The lowest BCUT2D eigenvalue weighted by Crippen LogP contribution is -2.20. The fraction of sp³-hybridized carbons (Fsp3) is 0.0667. The summed E-state index contributed by atoms with van der Waals surface area (Å²) in [5.74, 6) is -0.421. The maximum Gasteiger partial charge on any atom is 0.248 e. The number of nitrogens with one attached hydrogen (secondary N) is 1. The monoisotopic (exact) mass is 365 g/mol. The average Bonchev–Trinajstić information content (AvgIpc) is 2.95. The first-order chi connectivity index (χ1) is 11.5. The lowest BCUT2D eigenvalue weighted by Gasteiger charge is -2.05. The van der Waals surface area contributed by atoms with Gasteiger partial charge in [0.2, 0.25) is 11.7 Å². The Bertz CT molecular complexity index is 862. The summed E-state index contributed by atoms with van der Waals surface area (Å²) in [4.78, 5) is 13.2. The molecule has 0 aliphatic rings. The molecule has 0 fully saturated rings. The summed E-state index contributed by atoms with van der Waals surface area (Å²) in [6.07, 6.45) is 0. The number of amides is 1. The van der Waals surface area contributed by atoms with Crippen LogP contribution < -0.4 is 5.32 Å². The molecular weight excluding hydrogens is 356 g/mol. The van der Waals surface area contributed by atoms with E-state index in [-0.39, 0.29) is 18.3 Å². The zero-order chi connectivity index (χ0) is 17.1. The lowest BCUT2D eigenvalue weighted by molar-refractivity contribution is -0.117. The van der Waals surface area contributed by atoms with Gasteiger partial charge in [-0.25, -0.2) is 4.39 Å². The molecule has 3 rings (SSSR count). The summed E-state index contributed by atoms with van der Waals surface area (Å²) in [7, 11) is 0. The van der Waals surface area contributed by atoms with Crippen molar-refractivity contribution in [3.8, 4) is 11.4 Å². The Morgan fingerprint density at radius 1 is 1.12 bits per heavy atom. The number of benzene rings is 2. The van der Waals surface area contributed by atoms with E-state index in [4.69, 9.17) is 23.2 Å². The number of nitrogens with zero attached hydrogens (tertiary/aromatic N) is 4. The molecule has 24 heavy (non-hydrogen) atoms. The van der Waals surface area contributed by atoms with Gasteiger partial charge in [-0.15, -0.1) is 10.2 Å².